The molecule has 50 valence electrons. The standard InChI is InChI=1S/C7H14BN/c1-2-4-7(8)5-3-6-9/h4H,2-3,5-6,9H2,1H3/b7-4+. The molecule has 0 atom stereocenters. The maximum atomic E-state index is 5.58. The van der Waals surface area contributed by atoms with Gasteiger partial charge in [0.2, 0.25) is 0 Å². The highest BCUT2D eigenvalue weighted by atomic mass is 14.5. The third kappa shape index (κ3) is 5.64. The van der Waals surface area contributed by atoms with Gasteiger partial charge in [0.25, 0.3) is 0 Å². The second-order valence-corrected chi connectivity index (χ2v) is 2.08. The van der Waals surface area contributed by atoms with Gasteiger partial charge >= 0.3 is 0 Å². The number of rotatable bonds is 4. The Bertz CT molecular complexity index is 88.9. The lowest BCUT2D eigenvalue weighted by molar-refractivity contribution is 0.843. The van der Waals surface area contributed by atoms with Gasteiger partial charge in [-0.15, -0.1) is 5.47 Å². The molecule has 0 fully saturated rings. The van der Waals surface area contributed by atoms with Crippen molar-refractivity contribution >= 4 is 7.85 Å². The molecule has 0 spiro atoms. The van der Waals surface area contributed by atoms with Crippen LogP contribution in [-0.2, 0) is 0 Å². The molecule has 0 aromatic carbocycles. The van der Waals surface area contributed by atoms with Crippen LogP contribution in [0, 0.1) is 0 Å². The molecule has 2 heteroatoms. The Morgan fingerprint density at radius 3 is 2.78 bits per heavy atom. The maximum absolute atomic E-state index is 5.58. The number of hydrogen-bond donors (Lipinski definition) is 1. The maximum Gasteiger partial charge on any atom is 0.107 e. The molecular weight excluding hydrogens is 109 g/mol. The van der Waals surface area contributed by atoms with Gasteiger partial charge in [0.15, 0.2) is 0 Å². The number of allylic oxidation sites excluding steroid dienone is 2. The molecule has 0 heterocycles. The normalized spacial score (nSPS) is 12.0. The highest BCUT2D eigenvalue weighted by molar-refractivity contribution is 6.21. The fraction of sp³-hybridized carbons (Fsp3) is 0.714. The van der Waals surface area contributed by atoms with Crippen LogP contribution < -0.4 is 5.73 Å². The Balaban J connectivity index is 3.25. The largest absolute Gasteiger partial charge is 0.330 e. The van der Waals surface area contributed by atoms with Gasteiger partial charge < -0.3 is 5.73 Å². The smallest absolute Gasteiger partial charge is 0.107 e. The van der Waals surface area contributed by atoms with E-state index in [2.05, 4.69) is 6.92 Å². The Morgan fingerprint density at radius 2 is 2.33 bits per heavy atom. The summed E-state index contributed by atoms with van der Waals surface area (Å²) in [7, 11) is 5.58. The molecule has 0 aromatic rings. The zero-order valence-corrected chi connectivity index (χ0v) is 6.06. The number of nitrogens with two attached hydrogens (primary N) is 1. The van der Waals surface area contributed by atoms with E-state index >= 15 is 0 Å². The van der Waals surface area contributed by atoms with Crippen LogP contribution in [0.5, 0.6) is 0 Å². The molecule has 0 aliphatic heterocycles. The van der Waals surface area contributed by atoms with Crippen LogP contribution in [-0.4, -0.2) is 14.4 Å². The van der Waals surface area contributed by atoms with Gasteiger partial charge in [-0.2, -0.15) is 0 Å². The minimum atomic E-state index is 0.734. The summed E-state index contributed by atoms with van der Waals surface area (Å²) in [5.74, 6) is 0. The molecule has 0 saturated carbocycles. The Kier molecular flexibility index (Phi) is 5.74. The van der Waals surface area contributed by atoms with E-state index in [-0.39, 0.29) is 0 Å². The lowest BCUT2D eigenvalue weighted by Gasteiger charge is -1.96. The SMILES string of the molecule is [B]/C(=C/CC)CCCN. The van der Waals surface area contributed by atoms with Crippen molar-refractivity contribution in [1.82, 2.24) is 0 Å². The molecule has 0 bridgehead atoms. The van der Waals surface area contributed by atoms with Crippen molar-refractivity contribution < 1.29 is 0 Å². The van der Waals surface area contributed by atoms with E-state index in [1.165, 1.54) is 0 Å². The summed E-state index contributed by atoms with van der Waals surface area (Å²) < 4.78 is 0. The fourth-order valence-corrected chi connectivity index (χ4v) is 0.670. The topological polar surface area (TPSA) is 26.0 Å². The molecule has 2 radical (unpaired) electrons. The average molecular weight is 123 g/mol. The lowest BCUT2D eigenvalue weighted by atomic mass is 9.90. The summed E-state index contributed by atoms with van der Waals surface area (Å²) in [6.07, 6.45) is 5.01. The minimum absolute atomic E-state index is 0.734. The predicted octanol–water partition coefficient (Wildman–Crippen LogP) is 1.19. The first-order chi connectivity index (χ1) is 4.31. The van der Waals surface area contributed by atoms with Crippen LogP contribution in [0.25, 0.3) is 0 Å². The van der Waals surface area contributed by atoms with E-state index in [1.54, 1.807) is 0 Å². The van der Waals surface area contributed by atoms with Gasteiger partial charge in [-0.05, 0) is 25.8 Å². The summed E-state index contributed by atoms with van der Waals surface area (Å²) in [5.41, 5.74) is 6.27. The van der Waals surface area contributed by atoms with Crippen LogP contribution in [0.4, 0.5) is 0 Å². The summed E-state index contributed by atoms with van der Waals surface area (Å²) in [6, 6.07) is 0. The van der Waals surface area contributed by atoms with E-state index in [4.69, 9.17) is 13.6 Å². The molecule has 9 heavy (non-hydrogen) atoms. The van der Waals surface area contributed by atoms with Crippen molar-refractivity contribution in [2.45, 2.75) is 26.2 Å². The first-order valence-corrected chi connectivity index (χ1v) is 3.45. The van der Waals surface area contributed by atoms with Crippen LogP contribution >= 0.6 is 0 Å². The third-order valence-corrected chi connectivity index (χ3v) is 1.14. The molecule has 0 amide bonds. The fourth-order valence-electron chi connectivity index (χ4n) is 0.670. The second kappa shape index (κ2) is 5.89. The van der Waals surface area contributed by atoms with Crippen molar-refractivity contribution in [3.63, 3.8) is 0 Å². The van der Waals surface area contributed by atoms with Gasteiger partial charge in [0.1, 0.15) is 7.85 Å². The Labute approximate surface area is 58.7 Å². The number of hydrogen-bond acceptors (Lipinski definition) is 1. The van der Waals surface area contributed by atoms with Gasteiger partial charge in [-0.1, -0.05) is 13.0 Å². The predicted molar refractivity (Wildman–Crippen MR) is 42.4 cm³/mol. The molecular formula is C7H14BN. The van der Waals surface area contributed by atoms with E-state index in [9.17, 15) is 0 Å². The van der Waals surface area contributed by atoms with Gasteiger partial charge in [0, 0.05) is 0 Å². The van der Waals surface area contributed by atoms with E-state index in [1.807, 2.05) is 6.08 Å². The quantitative estimate of drug-likeness (QED) is 0.558. The molecule has 2 N–H and O–H groups in total. The van der Waals surface area contributed by atoms with Crippen LogP contribution in [0.2, 0.25) is 0 Å². The van der Waals surface area contributed by atoms with Crippen molar-refractivity contribution in [3.8, 4) is 0 Å². The molecule has 0 aliphatic carbocycles. The molecule has 0 aliphatic rings. The summed E-state index contributed by atoms with van der Waals surface area (Å²) in [4.78, 5) is 0. The molecule has 0 saturated heterocycles. The second-order valence-electron chi connectivity index (χ2n) is 2.08. The Morgan fingerprint density at radius 1 is 1.67 bits per heavy atom. The molecule has 0 unspecified atom stereocenters. The first kappa shape index (κ1) is 8.76. The van der Waals surface area contributed by atoms with Gasteiger partial charge in [-0.3, -0.25) is 0 Å². The van der Waals surface area contributed by atoms with Crippen LogP contribution in [0.3, 0.4) is 0 Å². The molecule has 1 nitrogen and oxygen atoms in total. The molecule has 0 aromatic heterocycles. The zero-order chi connectivity index (χ0) is 7.11. The average Bonchev–Trinajstić information content (AvgIpc) is 1.85. The zero-order valence-electron chi connectivity index (χ0n) is 6.06. The summed E-state index contributed by atoms with van der Waals surface area (Å²) in [5, 5.41) is 0. The summed E-state index contributed by atoms with van der Waals surface area (Å²) in [6.45, 7) is 2.81. The minimum Gasteiger partial charge on any atom is -0.330 e. The van der Waals surface area contributed by atoms with Crippen molar-refractivity contribution in [2.24, 2.45) is 5.73 Å². The molecule has 0 rings (SSSR count). The van der Waals surface area contributed by atoms with Crippen LogP contribution in [0.15, 0.2) is 11.5 Å². The van der Waals surface area contributed by atoms with Gasteiger partial charge in [-0.25, -0.2) is 0 Å². The van der Waals surface area contributed by atoms with E-state index in [0.717, 1.165) is 31.3 Å². The highest BCUT2D eigenvalue weighted by Crippen LogP contribution is 1.99. The van der Waals surface area contributed by atoms with Crippen LogP contribution in [0.1, 0.15) is 26.2 Å². The lowest BCUT2D eigenvalue weighted by Crippen LogP contribution is -1.98. The third-order valence-electron chi connectivity index (χ3n) is 1.14. The van der Waals surface area contributed by atoms with E-state index < -0.39 is 0 Å². The Hall–Kier alpha value is -0.235. The first-order valence-electron chi connectivity index (χ1n) is 3.45. The summed E-state index contributed by atoms with van der Waals surface area (Å²) >= 11 is 0. The monoisotopic (exact) mass is 123 g/mol. The van der Waals surface area contributed by atoms with E-state index in [0.29, 0.717) is 0 Å². The highest BCUT2D eigenvalue weighted by Gasteiger charge is 1.85. The van der Waals surface area contributed by atoms with Gasteiger partial charge in [0.05, 0.1) is 0 Å². The van der Waals surface area contributed by atoms with Crippen molar-refractivity contribution in [3.05, 3.63) is 11.5 Å². The van der Waals surface area contributed by atoms with Crippen molar-refractivity contribution in [2.75, 3.05) is 6.54 Å². The van der Waals surface area contributed by atoms with Crippen molar-refractivity contribution in [1.29, 1.82) is 0 Å².